The van der Waals surface area contributed by atoms with E-state index in [1.807, 2.05) is 32.9 Å². The van der Waals surface area contributed by atoms with E-state index in [-0.39, 0.29) is 18.3 Å². The third-order valence-corrected chi connectivity index (χ3v) is 5.00. The summed E-state index contributed by atoms with van der Waals surface area (Å²) in [7, 11) is 0. The monoisotopic (exact) mass is 468 g/mol. The third-order valence-electron chi connectivity index (χ3n) is 3.68. The maximum atomic E-state index is 11.9. The van der Waals surface area contributed by atoms with Crippen molar-refractivity contribution in [2.45, 2.75) is 20.8 Å². The molecule has 25 heavy (non-hydrogen) atoms. The molecule has 0 aliphatic heterocycles. The van der Waals surface area contributed by atoms with Crippen LogP contribution in [0.5, 0.6) is 11.5 Å². The summed E-state index contributed by atoms with van der Waals surface area (Å²) in [4.78, 5) is 11.9. The third kappa shape index (κ3) is 5.06. The van der Waals surface area contributed by atoms with Crippen LogP contribution in [0.3, 0.4) is 0 Å². The van der Waals surface area contributed by atoms with Crippen molar-refractivity contribution < 1.29 is 14.6 Å². The predicted octanol–water partition coefficient (Wildman–Crippen LogP) is 4.37. The van der Waals surface area contributed by atoms with Crippen molar-refractivity contribution in [1.29, 1.82) is 0 Å². The van der Waals surface area contributed by atoms with Gasteiger partial charge in [0.15, 0.2) is 6.61 Å². The summed E-state index contributed by atoms with van der Waals surface area (Å²) in [6.45, 7) is 5.77. The number of ether oxygens (including phenoxy) is 1. The molecule has 0 heterocycles. The Balaban J connectivity index is 1.96. The van der Waals surface area contributed by atoms with Crippen molar-refractivity contribution in [1.82, 2.24) is 5.43 Å². The Morgan fingerprint density at radius 1 is 1.20 bits per heavy atom. The number of hydrazone groups is 1. The molecule has 7 heteroatoms. The Morgan fingerprint density at radius 2 is 1.88 bits per heavy atom. The van der Waals surface area contributed by atoms with Crippen LogP contribution < -0.4 is 10.2 Å². The fourth-order valence-electron chi connectivity index (χ4n) is 2.14. The number of phenols is 1. The zero-order chi connectivity index (χ0) is 18.6. The molecule has 0 radical (unpaired) electrons. The van der Waals surface area contributed by atoms with Gasteiger partial charge in [-0.1, -0.05) is 28.1 Å². The number of amides is 1. The van der Waals surface area contributed by atoms with Gasteiger partial charge in [-0.15, -0.1) is 0 Å². The molecule has 2 N–H and O–H groups in total. The summed E-state index contributed by atoms with van der Waals surface area (Å²) in [6.07, 6.45) is 1.44. The molecule has 1 amide bonds. The minimum Gasteiger partial charge on any atom is -0.507 e. The van der Waals surface area contributed by atoms with E-state index in [2.05, 4.69) is 42.4 Å². The first-order chi connectivity index (χ1) is 11.8. The van der Waals surface area contributed by atoms with E-state index in [1.54, 1.807) is 6.07 Å². The number of rotatable bonds is 5. The highest BCUT2D eigenvalue weighted by Gasteiger charge is 2.09. The average Bonchev–Trinajstić information content (AvgIpc) is 2.56. The molecule has 2 aromatic carbocycles. The number of nitrogens with one attached hydrogen (secondary N) is 1. The van der Waals surface area contributed by atoms with E-state index in [0.717, 1.165) is 26.9 Å². The Hall–Kier alpha value is -1.86. The molecule has 0 fully saturated rings. The van der Waals surface area contributed by atoms with Gasteiger partial charge in [-0.25, -0.2) is 5.43 Å². The van der Waals surface area contributed by atoms with Crippen LogP contribution in [-0.2, 0) is 4.79 Å². The van der Waals surface area contributed by atoms with Crippen molar-refractivity contribution in [2.75, 3.05) is 6.61 Å². The van der Waals surface area contributed by atoms with Crippen LogP contribution in [0.25, 0.3) is 0 Å². The number of hydrogen-bond donors (Lipinski definition) is 2. The van der Waals surface area contributed by atoms with Crippen LogP contribution in [0.1, 0.15) is 22.3 Å². The van der Waals surface area contributed by atoms with Gasteiger partial charge in [0.05, 0.1) is 10.7 Å². The summed E-state index contributed by atoms with van der Waals surface area (Å²) in [6, 6.07) is 7.21. The van der Waals surface area contributed by atoms with Gasteiger partial charge in [0.2, 0.25) is 0 Å². The van der Waals surface area contributed by atoms with Gasteiger partial charge in [0.25, 0.3) is 5.91 Å². The van der Waals surface area contributed by atoms with Gasteiger partial charge in [-0.3, -0.25) is 4.79 Å². The molecule has 0 aliphatic rings. The fraction of sp³-hybridized carbons (Fsp3) is 0.222. The van der Waals surface area contributed by atoms with Crippen molar-refractivity contribution in [3.63, 3.8) is 0 Å². The summed E-state index contributed by atoms with van der Waals surface area (Å²) < 4.78 is 6.93. The second kappa shape index (κ2) is 8.49. The standard InChI is InChI=1S/C18H18Br2N2O3/c1-10-4-5-11(2)18(12(10)3)25-9-17(24)22-21-8-13-6-16(23)15(20)7-14(13)19/h4-8,23H,9H2,1-3H3,(H,22,24)/b21-8-. The number of halogens is 2. The maximum Gasteiger partial charge on any atom is 0.277 e. The minimum atomic E-state index is -0.367. The Bertz CT molecular complexity index is 836. The number of carbonyl (C=O) groups excluding carboxylic acids is 1. The lowest BCUT2D eigenvalue weighted by Crippen LogP contribution is -2.25. The van der Waals surface area contributed by atoms with Gasteiger partial charge in [-0.05, 0) is 65.5 Å². The maximum absolute atomic E-state index is 11.9. The molecule has 132 valence electrons. The highest BCUT2D eigenvalue weighted by molar-refractivity contribution is 9.11. The SMILES string of the molecule is Cc1ccc(C)c(OCC(=O)N/N=C\c2cc(O)c(Br)cc2Br)c1C. The van der Waals surface area contributed by atoms with Crippen LogP contribution >= 0.6 is 31.9 Å². The van der Waals surface area contributed by atoms with Gasteiger partial charge in [0, 0.05) is 10.0 Å². The van der Waals surface area contributed by atoms with Gasteiger partial charge >= 0.3 is 0 Å². The average molecular weight is 470 g/mol. The second-order valence-electron chi connectivity index (χ2n) is 5.56. The molecule has 0 aliphatic carbocycles. The highest BCUT2D eigenvalue weighted by Crippen LogP contribution is 2.29. The number of aryl methyl sites for hydroxylation is 2. The largest absolute Gasteiger partial charge is 0.507 e. The molecule has 0 aromatic heterocycles. The Morgan fingerprint density at radius 3 is 2.60 bits per heavy atom. The van der Waals surface area contributed by atoms with Crippen molar-refractivity contribution >= 4 is 44.0 Å². The first-order valence-electron chi connectivity index (χ1n) is 7.49. The lowest BCUT2D eigenvalue weighted by atomic mass is 10.1. The summed E-state index contributed by atoms with van der Waals surface area (Å²) in [5.41, 5.74) is 6.15. The first kappa shape index (κ1) is 19.5. The molecule has 0 spiro atoms. The molecular formula is C18H18Br2N2O3. The van der Waals surface area contributed by atoms with Crippen LogP contribution in [0.15, 0.2) is 38.3 Å². The predicted molar refractivity (Wildman–Crippen MR) is 105 cm³/mol. The highest BCUT2D eigenvalue weighted by atomic mass is 79.9. The van der Waals surface area contributed by atoms with E-state index in [4.69, 9.17) is 4.74 Å². The van der Waals surface area contributed by atoms with Crippen LogP contribution in [-0.4, -0.2) is 23.8 Å². The van der Waals surface area contributed by atoms with E-state index in [1.165, 1.54) is 12.3 Å². The number of carbonyl (C=O) groups is 1. The zero-order valence-electron chi connectivity index (χ0n) is 14.1. The number of phenolic OH excluding ortho intramolecular Hbond substituents is 1. The lowest BCUT2D eigenvalue weighted by molar-refractivity contribution is -0.123. The van der Waals surface area contributed by atoms with Gasteiger partial charge < -0.3 is 9.84 Å². The minimum absolute atomic E-state index is 0.0877. The summed E-state index contributed by atoms with van der Waals surface area (Å²) in [5, 5.41) is 13.6. The smallest absolute Gasteiger partial charge is 0.277 e. The number of hydrogen-bond acceptors (Lipinski definition) is 4. The van der Waals surface area contributed by atoms with Crippen LogP contribution in [0, 0.1) is 20.8 Å². The van der Waals surface area contributed by atoms with E-state index < -0.39 is 0 Å². The lowest BCUT2D eigenvalue weighted by Gasteiger charge is -2.13. The van der Waals surface area contributed by atoms with Crippen molar-refractivity contribution in [2.24, 2.45) is 5.10 Å². The summed E-state index contributed by atoms with van der Waals surface area (Å²) in [5.74, 6) is 0.443. The molecule has 2 aromatic rings. The molecule has 0 bridgehead atoms. The normalized spacial score (nSPS) is 10.9. The van der Waals surface area contributed by atoms with E-state index >= 15 is 0 Å². The fourth-order valence-corrected chi connectivity index (χ4v) is 3.24. The number of aromatic hydroxyl groups is 1. The topological polar surface area (TPSA) is 70.9 Å². The molecule has 0 saturated carbocycles. The molecule has 5 nitrogen and oxygen atoms in total. The van der Waals surface area contributed by atoms with Crippen LogP contribution in [0.4, 0.5) is 0 Å². The second-order valence-corrected chi connectivity index (χ2v) is 7.27. The van der Waals surface area contributed by atoms with Gasteiger partial charge in [-0.2, -0.15) is 5.10 Å². The number of benzene rings is 2. The Kier molecular flexibility index (Phi) is 6.61. The zero-order valence-corrected chi connectivity index (χ0v) is 17.2. The summed E-state index contributed by atoms with van der Waals surface area (Å²) >= 11 is 6.58. The molecule has 0 saturated heterocycles. The first-order valence-corrected chi connectivity index (χ1v) is 9.07. The molecule has 0 unspecified atom stereocenters. The molecule has 2 rings (SSSR count). The van der Waals surface area contributed by atoms with E-state index in [9.17, 15) is 9.90 Å². The number of nitrogens with zero attached hydrogens (tertiary/aromatic N) is 1. The van der Waals surface area contributed by atoms with Crippen molar-refractivity contribution in [3.05, 3.63) is 55.5 Å². The van der Waals surface area contributed by atoms with E-state index in [0.29, 0.717) is 10.0 Å². The van der Waals surface area contributed by atoms with Crippen molar-refractivity contribution in [3.8, 4) is 11.5 Å². The Labute approximate surface area is 163 Å². The molecular weight excluding hydrogens is 452 g/mol. The van der Waals surface area contributed by atoms with Crippen LogP contribution in [0.2, 0.25) is 0 Å². The van der Waals surface area contributed by atoms with Gasteiger partial charge in [0.1, 0.15) is 11.5 Å². The quantitative estimate of drug-likeness (QED) is 0.504. The molecule has 0 atom stereocenters.